The number of hydrogen-bond acceptors (Lipinski definition) is 1. The Morgan fingerprint density at radius 2 is 1.85 bits per heavy atom. The van der Waals surface area contributed by atoms with E-state index in [1.165, 1.54) is 5.69 Å². The number of hydrogen-bond donors (Lipinski definition) is 0. The Kier molecular flexibility index (Phi) is 3.56. The van der Waals surface area contributed by atoms with Crippen LogP contribution >= 0.6 is 0 Å². The molecule has 1 nitrogen and oxygen atoms in total. The molecule has 0 aliphatic rings. The smallest absolute Gasteiger partial charge is 0.0445 e. The maximum absolute atomic E-state index is 3.69. The fourth-order valence-electron chi connectivity index (χ4n) is 1.46. The molecule has 0 bridgehead atoms. The molecule has 0 fully saturated rings. The van der Waals surface area contributed by atoms with E-state index in [1.54, 1.807) is 0 Å². The van der Waals surface area contributed by atoms with E-state index in [9.17, 15) is 0 Å². The summed E-state index contributed by atoms with van der Waals surface area (Å²) in [6.07, 6.45) is 2.95. The molecule has 0 unspecified atom stereocenters. The Bertz CT molecular complexity index is 274. The summed E-state index contributed by atoms with van der Waals surface area (Å²) < 4.78 is 0. The Morgan fingerprint density at radius 1 is 1.23 bits per heavy atom. The van der Waals surface area contributed by atoms with Crippen molar-refractivity contribution in [3.8, 4) is 0 Å². The van der Waals surface area contributed by atoms with Crippen LogP contribution in [-0.2, 0) is 0 Å². The van der Waals surface area contributed by atoms with Crippen molar-refractivity contribution in [2.45, 2.75) is 13.8 Å². The standard InChI is InChI=1S/C12H16N/c1-4-11-9-7-8-10-12(11)13(5-2)6-3/h7-10H,1,5-6H2,2-3H3. The minimum absolute atomic E-state index is 1.02. The average Bonchev–Trinajstić information content (AvgIpc) is 2.20. The zero-order chi connectivity index (χ0) is 9.68. The molecule has 13 heavy (non-hydrogen) atoms. The normalized spacial score (nSPS) is 9.69. The molecule has 0 aliphatic heterocycles. The number of nitrogens with zero attached hydrogens (tertiary/aromatic N) is 1. The summed E-state index contributed by atoms with van der Waals surface area (Å²) >= 11 is 0. The van der Waals surface area contributed by atoms with Crippen molar-refractivity contribution in [3.05, 3.63) is 42.5 Å². The van der Waals surface area contributed by atoms with E-state index in [2.05, 4.69) is 43.5 Å². The monoisotopic (exact) mass is 174 g/mol. The molecule has 0 N–H and O–H groups in total. The Labute approximate surface area is 80.7 Å². The Hall–Kier alpha value is -1.24. The van der Waals surface area contributed by atoms with Crippen LogP contribution in [0.25, 0.3) is 0 Å². The summed E-state index contributed by atoms with van der Waals surface area (Å²) in [6, 6.07) is 8.22. The van der Waals surface area contributed by atoms with Crippen LogP contribution in [0.3, 0.4) is 0 Å². The van der Waals surface area contributed by atoms with E-state index in [-0.39, 0.29) is 0 Å². The second-order valence-electron chi connectivity index (χ2n) is 2.87. The first-order chi connectivity index (χ1) is 6.33. The van der Waals surface area contributed by atoms with Crippen molar-refractivity contribution in [2.24, 2.45) is 0 Å². The highest BCUT2D eigenvalue weighted by molar-refractivity contribution is 5.55. The van der Waals surface area contributed by atoms with Gasteiger partial charge in [0.1, 0.15) is 0 Å². The lowest BCUT2D eigenvalue weighted by atomic mass is 10.1. The highest BCUT2D eigenvalue weighted by atomic mass is 15.1. The van der Waals surface area contributed by atoms with Crippen LogP contribution in [-0.4, -0.2) is 13.1 Å². The molecule has 0 saturated heterocycles. The summed E-state index contributed by atoms with van der Waals surface area (Å²) in [6.45, 7) is 10.0. The quantitative estimate of drug-likeness (QED) is 0.678. The Morgan fingerprint density at radius 3 is 2.38 bits per heavy atom. The average molecular weight is 174 g/mol. The second-order valence-corrected chi connectivity index (χ2v) is 2.87. The van der Waals surface area contributed by atoms with Gasteiger partial charge in [0.15, 0.2) is 0 Å². The number of benzene rings is 1. The minimum atomic E-state index is 1.02. The van der Waals surface area contributed by atoms with E-state index in [0.29, 0.717) is 0 Å². The number of anilines is 1. The first kappa shape index (κ1) is 9.85. The summed E-state index contributed by atoms with van der Waals surface area (Å²) in [5.74, 6) is 0. The Balaban J connectivity index is 3.03. The van der Waals surface area contributed by atoms with Crippen molar-refractivity contribution in [3.63, 3.8) is 0 Å². The molecule has 0 saturated carbocycles. The van der Waals surface area contributed by atoms with E-state index < -0.39 is 0 Å². The third-order valence-electron chi connectivity index (χ3n) is 2.20. The third kappa shape index (κ3) is 2.11. The zero-order valence-corrected chi connectivity index (χ0v) is 8.38. The van der Waals surface area contributed by atoms with Gasteiger partial charge in [0.05, 0.1) is 0 Å². The second kappa shape index (κ2) is 4.70. The van der Waals surface area contributed by atoms with Crippen LogP contribution in [0.1, 0.15) is 19.4 Å². The number of para-hydroxylation sites is 1. The molecule has 0 heterocycles. The predicted octanol–water partition coefficient (Wildman–Crippen LogP) is 2.87. The van der Waals surface area contributed by atoms with Crippen LogP contribution in [0, 0.1) is 6.08 Å². The van der Waals surface area contributed by atoms with Gasteiger partial charge < -0.3 is 4.90 Å². The fourth-order valence-corrected chi connectivity index (χ4v) is 1.46. The number of rotatable bonds is 4. The lowest BCUT2D eigenvalue weighted by Crippen LogP contribution is -2.22. The van der Waals surface area contributed by atoms with Gasteiger partial charge in [0.2, 0.25) is 0 Å². The van der Waals surface area contributed by atoms with E-state index in [1.807, 2.05) is 12.1 Å². The summed E-state index contributed by atoms with van der Waals surface area (Å²) in [5.41, 5.74) is 2.31. The predicted molar refractivity (Wildman–Crippen MR) is 58.0 cm³/mol. The fraction of sp³-hybridized carbons (Fsp3) is 0.333. The van der Waals surface area contributed by atoms with Crippen LogP contribution < -0.4 is 4.90 Å². The summed E-state index contributed by atoms with van der Waals surface area (Å²) in [5, 5.41) is 0. The van der Waals surface area contributed by atoms with Crippen molar-refractivity contribution in [1.29, 1.82) is 0 Å². The van der Waals surface area contributed by atoms with E-state index in [0.717, 1.165) is 18.7 Å². The van der Waals surface area contributed by atoms with Crippen LogP contribution in [0.4, 0.5) is 5.69 Å². The van der Waals surface area contributed by atoms with Crippen molar-refractivity contribution < 1.29 is 0 Å². The first-order valence-corrected chi connectivity index (χ1v) is 4.70. The topological polar surface area (TPSA) is 3.24 Å². The van der Waals surface area contributed by atoms with Crippen molar-refractivity contribution in [1.82, 2.24) is 0 Å². The summed E-state index contributed by atoms with van der Waals surface area (Å²) in [7, 11) is 0. The van der Waals surface area contributed by atoms with Crippen molar-refractivity contribution in [2.75, 3.05) is 18.0 Å². The molecule has 0 aliphatic carbocycles. The van der Waals surface area contributed by atoms with Gasteiger partial charge in [-0.1, -0.05) is 24.8 Å². The van der Waals surface area contributed by atoms with Gasteiger partial charge >= 0.3 is 0 Å². The molecule has 0 amide bonds. The van der Waals surface area contributed by atoms with Crippen LogP contribution in [0.15, 0.2) is 30.8 Å². The maximum atomic E-state index is 3.69. The molecule has 1 heteroatoms. The molecule has 1 aromatic rings. The molecular formula is C12H16N. The lowest BCUT2D eigenvalue weighted by molar-refractivity contribution is 0.864. The zero-order valence-electron chi connectivity index (χ0n) is 8.38. The van der Waals surface area contributed by atoms with Gasteiger partial charge in [0, 0.05) is 24.3 Å². The van der Waals surface area contributed by atoms with Gasteiger partial charge in [-0.05, 0) is 26.0 Å². The van der Waals surface area contributed by atoms with Gasteiger partial charge in [-0.2, -0.15) is 0 Å². The first-order valence-electron chi connectivity index (χ1n) is 4.70. The molecule has 0 atom stereocenters. The minimum Gasteiger partial charge on any atom is -0.372 e. The molecule has 69 valence electrons. The molecule has 1 radical (unpaired) electrons. The third-order valence-corrected chi connectivity index (χ3v) is 2.20. The van der Waals surface area contributed by atoms with Gasteiger partial charge in [-0.15, -0.1) is 0 Å². The van der Waals surface area contributed by atoms with Gasteiger partial charge in [0.25, 0.3) is 0 Å². The van der Waals surface area contributed by atoms with E-state index >= 15 is 0 Å². The molecular weight excluding hydrogens is 158 g/mol. The SMILES string of the molecule is C=[C]c1ccccc1N(CC)CC. The van der Waals surface area contributed by atoms with Crippen LogP contribution in [0.2, 0.25) is 0 Å². The maximum Gasteiger partial charge on any atom is 0.0445 e. The molecule has 1 rings (SSSR count). The van der Waals surface area contributed by atoms with Crippen molar-refractivity contribution >= 4 is 5.69 Å². The van der Waals surface area contributed by atoms with Gasteiger partial charge in [-0.25, -0.2) is 0 Å². The highest BCUT2D eigenvalue weighted by Gasteiger charge is 2.04. The molecule has 0 aromatic heterocycles. The summed E-state index contributed by atoms with van der Waals surface area (Å²) in [4.78, 5) is 2.30. The molecule has 1 aromatic carbocycles. The van der Waals surface area contributed by atoms with Crippen LogP contribution in [0.5, 0.6) is 0 Å². The van der Waals surface area contributed by atoms with Gasteiger partial charge in [-0.3, -0.25) is 0 Å². The highest BCUT2D eigenvalue weighted by Crippen LogP contribution is 2.19. The molecule has 0 spiro atoms. The van der Waals surface area contributed by atoms with E-state index in [4.69, 9.17) is 0 Å². The lowest BCUT2D eigenvalue weighted by Gasteiger charge is -2.22. The largest absolute Gasteiger partial charge is 0.372 e.